The monoisotopic (exact) mass is 451 g/mol. The molecule has 0 bridgehead atoms. The van der Waals surface area contributed by atoms with Crippen molar-refractivity contribution in [3.8, 4) is 11.4 Å². The summed E-state index contributed by atoms with van der Waals surface area (Å²) in [6.07, 6.45) is 4.55. The number of ether oxygens (including phenoxy) is 1. The average molecular weight is 452 g/mol. The summed E-state index contributed by atoms with van der Waals surface area (Å²) in [5.74, 6) is 1.11. The summed E-state index contributed by atoms with van der Waals surface area (Å²) < 4.78 is 6.92. The van der Waals surface area contributed by atoms with Crippen LogP contribution in [-0.2, 0) is 4.79 Å². The Morgan fingerprint density at radius 3 is 2.75 bits per heavy atom. The minimum Gasteiger partial charge on any atom is -0.497 e. The van der Waals surface area contributed by atoms with E-state index < -0.39 is 5.25 Å². The Morgan fingerprint density at radius 1 is 1.19 bits per heavy atom. The van der Waals surface area contributed by atoms with Crippen LogP contribution in [0.5, 0.6) is 5.75 Å². The van der Waals surface area contributed by atoms with Crippen molar-refractivity contribution in [2.24, 2.45) is 5.92 Å². The first-order chi connectivity index (χ1) is 15.5. The highest BCUT2D eigenvalue weighted by atomic mass is 32.2. The van der Waals surface area contributed by atoms with Gasteiger partial charge < -0.3 is 10.1 Å². The average Bonchev–Trinajstić information content (AvgIpc) is 2.80. The molecular weight excluding hydrogens is 422 g/mol. The molecule has 168 valence electrons. The molecule has 3 atom stereocenters. The van der Waals surface area contributed by atoms with Crippen molar-refractivity contribution in [2.75, 3.05) is 7.11 Å². The first-order valence-electron chi connectivity index (χ1n) is 11.1. The fourth-order valence-electron chi connectivity index (χ4n) is 4.21. The molecule has 0 saturated heterocycles. The number of benzene rings is 2. The van der Waals surface area contributed by atoms with E-state index in [0.717, 1.165) is 19.3 Å². The standard InChI is InChI=1S/C25H29N3O3S/c1-16-9-4-6-13-21(16)26-23(29)17(2)32-25-27-22-14-7-5-12-20(22)24(30)28(25)18-10-8-11-19(15-18)31-3/h5,7-8,10-12,14-17,21H,4,6,9,13H2,1-3H3,(H,26,29). The number of hydrogen-bond acceptors (Lipinski definition) is 5. The van der Waals surface area contributed by atoms with Crippen LogP contribution in [0.2, 0.25) is 0 Å². The molecule has 1 fully saturated rings. The summed E-state index contributed by atoms with van der Waals surface area (Å²) in [5, 5.41) is 3.85. The quantitative estimate of drug-likeness (QED) is 0.439. The lowest BCUT2D eigenvalue weighted by Gasteiger charge is -2.30. The molecule has 0 spiro atoms. The molecule has 3 aromatic rings. The smallest absolute Gasteiger partial charge is 0.266 e. The van der Waals surface area contributed by atoms with Gasteiger partial charge in [-0.1, -0.05) is 49.7 Å². The SMILES string of the molecule is COc1cccc(-n2c(SC(C)C(=O)NC3CCCCC3C)nc3ccccc3c2=O)c1. The minimum absolute atomic E-state index is 0.0200. The minimum atomic E-state index is -0.394. The largest absolute Gasteiger partial charge is 0.497 e. The lowest BCUT2D eigenvalue weighted by atomic mass is 9.86. The fourth-order valence-corrected chi connectivity index (χ4v) is 5.15. The first kappa shape index (κ1) is 22.4. The van der Waals surface area contributed by atoms with Gasteiger partial charge in [-0.15, -0.1) is 0 Å². The molecule has 4 rings (SSSR count). The zero-order chi connectivity index (χ0) is 22.7. The molecule has 1 saturated carbocycles. The van der Waals surface area contributed by atoms with Gasteiger partial charge in [-0.3, -0.25) is 14.2 Å². The maximum atomic E-state index is 13.4. The van der Waals surface area contributed by atoms with E-state index in [9.17, 15) is 9.59 Å². The van der Waals surface area contributed by atoms with Crippen LogP contribution >= 0.6 is 11.8 Å². The van der Waals surface area contributed by atoms with Crippen LogP contribution in [0.1, 0.15) is 39.5 Å². The Bertz CT molecular complexity index is 1180. The van der Waals surface area contributed by atoms with Crippen molar-refractivity contribution in [3.05, 3.63) is 58.9 Å². The number of para-hydroxylation sites is 1. The van der Waals surface area contributed by atoms with Crippen molar-refractivity contribution in [2.45, 2.75) is 56.0 Å². The second-order valence-corrected chi connectivity index (χ2v) is 9.70. The van der Waals surface area contributed by atoms with Crippen molar-refractivity contribution in [3.63, 3.8) is 0 Å². The summed E-state index contributed by atoms with van der Waals surface area (Å²) >= 11 is 1.30. The number of carbonyl (C=O) groups excluding carboxylic acids is 1. The predicted molar refractivity (Wildman–Crippen MR) is 129 cm³/mol. The van der Waals surface area contributed by atoms with Crippen LogP contribution in [0.3, 0.4) is 0 Å². The molecule has 2 aromatic carbocycles. The van der Waals surface area contributed by atoms with Crippen LogP contribution < -0.4 is 15.6 Å². The number of fused-ring (bicyclic) bond motifs is 1. The molecular formula is C25H29N3O3S. The number of nitrogens with one attached hydrogen (secondary N) is 1. The molecule has 1 heterocycles. The van der Waals surface area contributed by atoms with E-state index in [1.54, 1.807) is 23.8 Å². The van der Waals surface area contributed by atoms with E-state index in [2.05, 4.69) is 12.2 Å². The molecule has 0 radical (unpaired) electrons. The van der Waals surface area contributed by atoms with E-state index in [1.807, 2.05) is 43.3 Å². The lowest BCUT2D eigenvalue weighted by molar-refractivity contribution is -0.121. The molecule has 1 amide bonds. The van der Waals surface area contributed by atoms with Crippen molar-refractivity contribution in [1.82, 2.24) is 14.9 Å². The summed E-state index contributed by atoms with van der Waals surface area (Å²) in [5.41, 5.74) is 1.11. The van der Waals surface area contributed by atoms with E-state index >= 15 is 0 Å². The normalized spacial score (nSPS) is 19.5. The number of rotatable bonds is 6. The zero-order valence-corrected chi connectivity index (χ0v) is 19.5. The van der Waals surface area contributed by atoms with Gasteiger partial charge in [-0.05, 0) is 49.9 Å². The highest BCUT2D eigenvalue weighted by molar-refractivity contribution is 8.00. The maximum absolute atomic E-state index is 13.4. The van der Waals surface area contributed by atoms with Gasteiger partial charge in [0.1, 0.15) is 5.75 Å². The van der Waals surface area contributed by atoms with Crippen LogP contribution in [0, 0.1) is 5.92 Å². The highest BCUT2D eigenvalue weighted by Crippen LogP contribution is 2.28. The van der Waals surface area contributed by atoms with E-state index in [-0.39, 0.29) is 17.5 Å². The summed E-state index contributed by atoms with van der Waals surface area (Å²) in [7, 11) is 1.59. The second kappa shape index (κ2) is 9.77. The number of amides is 1. The molecule has 0 aliphatic heterocycles. The van der Waals surface area contributed by atoms with Crippen LogP contribution in [0.25, 0.3) is 16.6 Å². The number of thioether (sulfide) groups is 1. The Balaban J connectivity index is 1.69. The summed E-state index contributed by atoms with van der Waals surface area (Å²) in [6, 6.07) is 14.8. The van der Waals surface area contributed by atoms with Crippen molar-refractivity contribution in [1.29, 1.82) is 0 Å². The second-order valence-electron chi connectivity index (χ2n) is 8.39. The van der Waals surface area contributed by atoms with Crippen molar-refractivity contribution < 1.29 is 9.53 Å². The van der Waals surface area contributed by atoms with Gasteiger partial charge in [0.15, 0.2) is 5.16 Å². The number of aromatic nitrogens is 2. The molecule has 1 aliphatic rings. The van der Waals surface area contributed by atoms with Gasteiger partial charge in [-0.25, -0.2) is 4.98 Å². The number of nitrogens with zero attached hydrogens (tertiary/aromatic N) is 2. The summed E-state index contributed by atoms with van der Waals surface area (Å²) in [4.78, 5) is 31.2. The molecule has 1 aliphatic carbocycles. The summed E-state index contributed by atoms with van der Waals surface area (Å²) in [6.45, 7) is 4.07. The number of hydrogen-bond donors (Lipinski definition) is 1. The maximum Gasteiger partial charge on any atom is 0.266 e. The van der Waals surface area contributed by atoms with Gasteiger partial charge in [-0.2, -0.15) is 0 Å². The molecule has 6 nitrogen and oxygen atoms in total. The molecule has 7 heteroatoms. The van der Waals surface area contributed by atoms with Gasteiger partial charge in [0.05, 0.1) is 29.0 Å². The lowest BCUT2D eigenvalue weighted by Crippen LogP contribution is -2.44. The van der Waals surface area contributed by atoms with E-state index in [4.69, 9.17) is 9.72 Å². The van der Waals surface area contributed by atoms with Crippen LogP contribution in [0.4, 0.5) is 0 Å². The Labute approximate surface area is 192 Å². The Kier molecular flexibility index (Phi) is 6.84. The zero-order valence-electron chi connectivity index (χ0n) is 18.7. The third-order valence-electron chi connectivity index (χ3n) is 6.15. The molecule has 3 unspecified atom stereocenters. The van der Waals surface area contributed by atoms with Crippen LogP contribution in [-0.4, -0.2) is 33.9 Å². The van der Waals surface area contributed by atoms with Gasteiger partial charge in [0.25, 0.3) is 5.56 Å². The Morgan fingerprint density at radius 2 is 1.97 bits per heavy atom. The number of methoxy groups -OCH3 is 1. The van der Waals surface area contributed by atoms with Gasteiger partial charge in [0, 0.05) is 12.1 Å². The number of carbonyl (C=O) groups is 1. The molecule has 1 N–H and O–H groups in total. The third-order valence-corrected chi connectivity index (χ3v) is 7.20. The predicted octanol–water partition coefficient (Wildman–Crippen LogP) is 4.57. The van der Waals surface area contributed by atoms with Gasteiger partial charge in [0.2, 0.25) is 5.91 Å². The Hall–Kier alpha value is -2.80. The highest BCUT2D eigenvalue weighted by Gasteiger charge is 2.26. The third kappa shape index (κ3) is 4.67. The molecule has 1 aromatic heterocycles. The topological polar surface area (TPSA) is 73.2 Å². The first-order valence-corrected chi connectivity index (χ1v) is 12.0. The van der Waals surface area contributed by atoms with Crippen molar-refractivity contribution >= 4 is 28.6 Å². The van der Waals surface area contributed by atoms with Crippen LogP contribution in [0.15, 0.2) is 58.5 Å². The molecule has 32 heavy (non-hydrogen) atoms. The fraction of sp³-hybridized carbons (Fsp3) is 0.400. The van der Waals surface area contributed by atoms with E-state index in [1.165, 1.54) is 18.2 Å². The van der Waals surface area contributed by atoms with E-state index in [0.29, 0.717) is 33.4 Å². The van der Waals surface area contributed by atoms with Gasteiger partial charge >= 0.3 is 0 Å².